The number of aryl methyl sites for hydroxylation is 1. The minimum Gasteiger partial charge on any atom is -0.382 e. The number of hydrogen-bond donors (Lipinski definition) is 3. The van der Waals surface area contributed by atoms with Gasteiger partial charge >= 0.3 is 6.03 Å². The van der Waals surface area contributed by atoms with E-state index < -0.39 is 6.03 Å². The van der Waals surface area contributed by atoms with Gasteiger partial charge in [0.2, 0.25) is 5.71 Å². The lowest BCUT2D eigenvalue weighted by atomic mass is 10.1. The molecule has 2 amide bonds. The van der Waals surface area contributed by atoms with E-state index in [0.29, 0.717) is 35.0 Å². The van der Waals surface area contributed by atoms with Crippen molar-refractivity contribution in [1.29, 1.82) is 0 Å². The van der Waals surface area contributed by atoms with Crippen LogP contribution in [-0.4, -0.2) is 43.9 Å². The fourth-order valence-electron chi connectivity index (χ4n) is 2.86. The smallest absolute Gasteiger partial charge is 0.316 e. The van der Waals surface area contributed by atoms with Gasteiger partial charge < -0.3 is 16.8 Å². The van der Waals surface area contributed by atoms with Gasteiger partial charge in [-0.25, -0.2) is 14.4 Å². The minimum atomic E-state index is -0.645. The maximum Gasteiger partial charge on any atom is 0.316 e. The van der Waals surface area contributed by atoms with E-state index in [1.165, 1.54) is 4.68 Å². The Bertz CT molecular complexity index is 784. The van der Waals surface area contributed by atoms with Gasteiger partial charge in [-0.15, -0.1) is 0 Å². The number of nitrogens with one attached hydrogen (secondary N) is 1. The van der Waals surface area contributed by atoms with Crippen molar-refractivity contribution in [2.75, 3.05) is 5.73 Å². The van der Waals surface area contributed by atoms with Crippen molar-refractivity contribution in [3.05, 3.63) is 30.1 Å². The van der Waals surface area contributed by atoms with Crippen LogP contribution in [0.4, 0.5) is 16.3 Å². The Labute approximate surface area is 147 Å². The first-order chi connectivity index (χ1) is 11.7. The van der Waals surface area contributed by atoms with E-state index >= 15 is 0 Å². The van der Waals surface area contributed by atoms with Crippen molar-refractivity contribution in [2.24, 2.45) is 17.8 Å². The van der Waals surface area contributed by atoms with E-state index in [4.69, 9.17) is 11.5 Å². The predicted molar refractivity (Wildman–Crippen MR) is 100 cm³/mol. The van der Waals surface area contributed by atoms with E-state index in [9.17, 15) is 4.79 Å². The van der Waals surface area contributed by atoms with Crippen LogP contribution in [0.1, 0.15) is 27.7 Å². The van der Waals surface area contributed by atoms with E-state index in [2.05, 4.69) is 47.7 Å². The highest BCUT2D eigenvalue weighted by Crippen LogP contribution is 2.22. The maximum atomic E-state index is 11.4. The van der Waals surface area contributed by atoms with E-state index in [-0.39, 0.29) is 0 Å². The number of anilines is 1. The summed E-state index contributed by atoms with van der Waals surface area (Å²) in [6.45, 7) is 8.48. The molecule has 5 N–H and O–H groups in total. The molecule has 0 unspecified atom stereocenters. The molecule has 1 aromatic rings. The molecule has 1 aliphatic rings. The van der Waals surface area contributed by atoms with Crippen LogP contribution < -0.4 is 16.8 Å². The third-order valence-corrected chi connectivity index (χ3v) is 3.85. The van der Waals surface area contributed by atoms with E-state index in [1.807, 2.05) is 18.2 Å². The number of nitrogens with two attached hydrogens (primary N) is 2. The summed E-state index contributed by atoms with van der Waals surface area (Å²) in [5, 5.41) is 6.72. The summed E-state index contributed by atoms with van der Waals surface area (Å²) in [5.41, 5.74) is 13.9. The average molecular weight is 344 g/mol. The minimum absolute atomic E-state index is 0.304. The molecule has 0 spiro atoms. The quantitative estimate of drug-likeness (QED) is 0.567. The number of hydrogen-bond acceptors (Lipinski definition) is 4. The highest BCUT2D eigenvalue weighted by molar-refractivity contribution is 6.21. The van der Waals surface area contributed by atoms with Crippen molar-refractivity contribution in [1.82, 2.24) is 15.1 Å². The number of allylic oxidation sites excluding steroid dienone is 3. The molecule has 8 nitrogen and oxygen atoms in total. The topological polar surface area (TPSA) is 114 Å². The Balaban J connectivity index is 2.53. The zero-order chi connectivity index (χ0) is 18.7. The number of nitrogens with zero attached hydrogens (tertiary/aromatic N) is 4. The third-order valence-electron chi connectivity index (χ3n) is 3.85. The van der Waals surface area contributed by atoms with Gasteiger partial charge in [0, 0.05) is 19.2 Å². The van der Waals surface area contributed by atoms with E-state index in [0.717, 1.165) is 5.71 Å². The molecule has 1 heterocycles. The van der Waals surface area contributed by atoms with Gasteiger partial charge in [0.1, 0.15) is 23.6 Å². The molecule has 134 valence electrons. The summed E-state index contributed by atoms with van der Waals surface area (Å²) in [7, 11) is 1.74. The van der Waals surface area contributed by atoms with Crippen molar-refractivity contribution in [3.8, 4) is 0 Å². The molecule has 25 heavy (non-hydrogen) atoms. The van der Waals surface area contributed by atoms with Crippen molar-refractivity contribution in [2.45, 2.75) is 39.8 Å². The highest BCUT2D eigenvalue weighted by atomic mass is 16.2. The fourth-order valence-corrected chi connectivity index (χ4v) is 2.86. The molecule has 0 atom stereocenters. The number of aliphatic imine (C=N–C) groups is 1. The molecule has 1 aromatic heterocycles. The first-order valence-corrected chi connectivity index (χ1v) is 8.18. The molecule has 0 saturated heterocycles. The number of nitrogen functional groups attached to an aromatic ring is 1. The van der Waals surface area contributed by atoms with Gasteiger partial charge in [-0.05, 0) is 33.8 Å². The lowest BCUT2D eigenvalue weighted by Crippen LogP contribution is -2.36. The molecule has 0 saturated carbocycles. The van der Waals surface area contributed by atoms with Gasteiger partial charge in [-0.2, -0.15) is 5.10 Å². The Morgan fingerprint density at radius 2 is 1.92 bits per heavy atom. The monoisotopic (exact) mass is 344 g/mol. The van der Waals surface area contributed by atoms with Crippen LogP contribution >= 0.6 is 0 Å². The highest BCUT2D eigenvalue weighted by Gasteiger charge is 2.23. The van der Waals surface area contributed by atoms with Crippen LogP contribution in [0.15, 0.2) is 35.1 Å². The summed E-state index contributed by atoms with van der Waals surface area (Å²) in [6, 6.07) is -0.0372. The second-order valence-electron chi connectivity index (χ2n) is 6.44. The first kappa shape index (κ1) is 18.4. The molecule has 0 bridgehead atoms. The van der Waals surface area contributed by atoms with Gasteiger partial charge in [0.05, 0.1) is 17.6 Å². The molecule has 0 aromatic carbocycles. The van der Waals surface area contributed by atoms with Crippen LogP contribution in [0, 0.1) is 0 Å². The number of aromatic nitrogens is 2. The van der Waals surface area contributed by atoms with Crippen LogP contribution in [0.25, 0.3) is 0 Å². The van der Waals surface area contributed by atoms with Gasteiger partial charge in [0.15, 0.2) is 0 Å². The summed E-state index contributed by atoms with van der Waals surface area (Å²) < 4.78 is 3.78. The van der Waals surface area contributed by atoms with E-state index in [1.54, 1.807) is 13.2 Å². The van der Waals surface area contributed by atoms with Crippen LogP contribution in [-0.2, 0) is 7.05 Å². The third kappa shape index (κ3) is 4.14. The molecular formula is C17H26N7O+. The second-order valence-corrected chi connectivity index (χ2v) is 6.44. The summed E-state index contributed by atoms with van der Waals surface area (Å²) in [6.07, 6.45) is 7.25. The van der Waals surface area contributed by atoms with Gasteiger partial charge in [-0.1, -0.05) is 0 Å². The fraction of sp³-hybridized carbons (Fsp3) is 0.412. The maximum absolute atomic E-state index is 11.4. The molecular weight excluding hydrogens is 318 g/mol. The second kappa shape index (κ2) is 7.33. The molecule has 1 aliphatic carbocycles. The van der Waals surface area contributed by atoms with Crippen LogP contribution in [0.3, 0.4) is 0 Å². The number of primary amides is 1. The molecule has 0 fully saturated rings. The summed E-state index contributed by atoms with van der Waals surface area (Å²) >= 11 is 0. The standard InChI is InChI=1S/C17H25N7O/c1-10(2)24(11(3)4)12-6-7-13(14(8-12)22-17(19)25)21-15-9-20-23(5)16(15)18/h6-11H,1-5H3,(H4,18,19,20,22,25)/p+1. The first-order valence-electron chi connectivity index (χ1n) is 8.18. The Morgan fingerprint density at radius 1 is 1.28 bits per heavy atom. The van der Waals surface area contributed by atoms with Crippen molar-refractivity contribution >= 4 is 29.0 Å². The summed E-state index contributed by atoms with van der Waals surface area (Å²) in [4.78, 5) is 15.9. The zero-order valence-corrected chi connectivity index (χ0v) is 15.3. The van der Waals surface area contributed by atoms with Crippen LogP contribution in [0.5, 0.6) is 0 Å². The van der Waals surface area contributed by atoms with Crippen molar-refractivity contribution < 1.29 is 9.37 Å². The SMILES string of the molecule is CC(C)[N+](=C1C=C/C(=N/c2cnn(C)c2N)C(NC(N)=O)=C1)C(C)C. The number of carbonyl (C=O) groups is 1. The molecule has 0 aliphatic heterocycles. The molecule has 2 rings (SSSR count). The number of amides is 2. The van der Waals surface area contributed by atoms with Gasteiger partial charge in [-0.3, -0.25) is 4.68 Å². The summed E-state index contributed by atoms with van der Waals surface area (Å²) in [5.74, 6) is 0.445. The number of rotatable bonds is 4. The Kier molecular flexibility index (Phi) is 5.41. The van der Waals surface area contributed by atoms with Crippen molar-refractivity contribution in [3.63, 3.8) is 0 Å². The average Bonchev–Trinajstić information content (AvgIpc) is 2.80. The number of carbonyl (C=O) groups excluding carboxylic acids is 1. The zero-order valence-electron chi connectivity index (χ0n) is 15.3. The molecule has 8 heteroatoms. The normalized spacial score (nSPS) is 15.9. The van der Waals surface area contributed by atoms with Gasteiger partial charge in [0.25, 0.3) is 0 Å². The lowest BCUT2D eigenvalue weighted by Gasteiger charge is -2.17. The number of urea groups is 1. The molecule has 0 radical (unpaired) electrons. The Hall–Kier alpha value is -2.90. The van der Waals surface area contributed by atoms with Crippen LogP contribution in [0.2, 0.25) is 0 Å². The predicted octanol–water partition coefficient (Wildman–Crippen LogP) is 1.47. The Morgan fingerprint density at radius 3 is 2.40 bits per heavy atom. The lowest BCUT2D eigenvalue weighted by molar-refractivity contribution is -0.586. The largest absolute Gasteiger partial charge is 0.382 e.